The number of aromatic amines is 1. The molecule has 1 aromatic carbocycles. The van der Waals surface area contributed by atoms with Crippen LogP contribution in [-0.4, -0.2) is 19.7 Å². The zero-order chi connectivity index (χ0) is 14.4. The Kier molecular flexibility index (Phi) is 2.47. The fraction of sp³-hybridized carbons (Fsp3) is 0.125. The summed E-state index contributed by atoms with van der Waals surface area (Å²) < 4.78 is 7.44. The van der Waals surface area contributed by atoms with Crippen LogP contribution in [0.2, 0.25) is 0 Å². The van der Waals surface area contributed by atoms with Crippen molar-refractivity contribution in [2.75, 3.05) is 0 Å². The van der Waals surface area contributed by atoms with Crippen LogP contribution in [0.5, 0.6) is 0 Å². The first kappa shape index (κ1) is 12.0. The largest absolute Gasteiger partial charge is 0.361 e. The monoisotopic (exact) mass is 278 g/mol. The van der Waals surface area contributed by atoms with Crippen LogP contribution in [0.25, 0.3) is 33.9 Å². The molecule has 0 bridgehead atoms. The van der Waals surface area contributed by atoms with Crippen LogP contribution in [0.15, 0.2) is 47.1 Å². The van der Waals surface area contributed by atoms with E-state index < -0.39 is 0 Å². The van der Waals surface area contributed by atoms with Gasteiger partial charge in [0, 0.05) is 35.4 Å². The van der Waals surface area contributed by atoms with E-state index in [0.717, 1.165) is 27.9 Å². The van der Waals surface area contributed by atoms with Gasteiger partial charge < -0.3 is 14.1 Å². The molecule has 0 unspecified atom stereocenters. The molecule has 21 heavy (non-hydrogen) atoms. The molecule has 0 aliphatic rings. The molecule has 0 aliphatic carbocycles. The summed E-state index contributed by atoms with van der Waals surface area (Å²) in [6, 6.07) is 12.1. The van der Waals surface area contributed by atoms with Crippen LogP contribution in [0, 0.1) is 6.92 Å². The number of aryl methyl sites for hydroxylation is 1. The third-order valence-corrected chi connectivity index (χ3v) is 3.83. The van der Waals surface area contributed by atoms with Gasteiger partial charge in [-0.1, -0.05) is 5.16 Å². The number of nitrogens with one attached hydrogen (secondary N) is 1. The second kappa shape index (κ2) is 4.34. The van der Waals surface area contributed by atoms with Gasteiger partial charge in [-0.15, -0.1) is 0 Å². The Bertz CT molecular complexity index is 929. The van der Waals surface area contributed by atoms with E-state index in [1.807, 2.05) is 55.1 Å². The molecular formula is C16H14N4O. The standard InChI is InChI=1S/C16H14N4O/c1-10-3-6-14(20(10)2)16-18-15(19-21-16)12-4-5-13-11(9-12)7-8-17-13/h3-9,17H,1-2H3. The van der Waals surface area contributed by atoms with Gasteiger partial charge in [-0.3, -0.25) is 0 Å². The fourth-order valence-corrected chi connectivity index (χ4v) is 2.47. The minimum atomic E-state index is 0.537. The zero-order valence-corrected chi connectivity index (χ0v) is 11.8. The van der Waals surface area contributed by atoms with Gasteiger partial charge in [0.25, 0.3) is 5.89 Å². The van der Waals surface area contributed by atoms with Gasteiger partial charge in [-0.2, -0.15) is 4.98 Å². The Morgan fingerprint density at radius 1 is 1.14 bits per heavy atom. The summed E-state index contributed by atoms with van der Waals surface area (Å²) in [6.45, 7) is 2.04. The summed E-state index contributed by atoms with van der Waals surface area (Å²) in [7, 11) is 1.99. The smallest absolute Gasteiger partial charge is 0.274 e. The van der Waals surface area contributed by atoms with Crippen molar-refractivity contribution in [3.8, 4) is 23.0 Å². The third kappa shape index (κ3) is 1.86. The second-order valence-electron chi connectivity index (χ2n) is 5.12. The molecule has 0 radical (unpaired) electrons. The van der Waals surface area contributed by atoms with Gasteiger partial charge in [0.15, 0.2) is 0 Å². The van der Waals surface area contributed by atoms with Gasteiger partial charge in [-0.05, 0) is 43.3 Å². The molecule has 3 aromatic heterocycles. The number of aromatic nitrogens is 4. The average molecular weight is 278 g/mol. The molecule has 4 rings (SSSR count). The molecule has 104 valence electrons. The van der Waals surface area contributed by atoms with Crippen LogP contribution >= 0.6 is 0 Å². The van der Waals surface area contributed by atoms with Crippen molar-refractivity contribution < 1.29 is 4.52 Å². The highest BCUT2D eigenvalue weighted by atomic mass is 16.5. The fourth-order valence-electron chi connectivity index (χ4n) is 2.47. The van der Waals surface area contributed by atoms with Crippen molar-refractivity contribution in [1.82, 2.24) is 19.7 Å². The molecule has 3 heterocycles. The predicted octanol–water partition coefficient (Wildman–Crippen LogP) is 3.53. The first-order chi connectivity index (χ1) is 10.2. The Labute approximate surface area is 121 Å². The number of benzene rings is 1. The summed E-state index contributed by atoms with van der Waals surface area (Å²) in [6.07, 6.45) is 1.92. The molecule has 0 spiro atoms. The summed E-state index contributed by atoms with van der Waals surface area (Å²) in [4.78, 5) is 7.68. The molecule has 0 amide bonds. The number of nitrogens with zero attached hydrogens (tertiary/aromatic N) is 3. The quantitative estimate of drug-likeness (QED) is 0.610. The van der Waals surface area contributed by atoms with E-state index >= 15 is 0 Å². The topological polar surface area (TPSA) is 59.6 Å². The van der Waals surface area contributed by atoms with Gasteiger partial charge in [0.2, 0.25) is 5.82 Å². The van der Waals surface area contributed by atoms with E-state index in [9.17, 15) is 0 Å². The predicted molar refractivity (Wildman–Crippen MR) is 80.7 cm³/mol. The van der Waals surface area contributed by atoms with Crippen molar-refractivity contribution >= 4 is 10.9 Å². The Morgan fingerprint density at radius 2 is 2.05 bits per heavy atom. The summed E-state index contributed by atoms with van der Waals surface area (Å²) in [5.41, 5.74) is 4.12. The maximum atomic E-state index is 5.40. The van der Waals surface area contributed by atoms with Crippen LogP contribution in [0.1, 0.15) is 5.69 Å². The molecule has 0 saturated carbocycles. The van der Waals surface area contributed by atoms with E-state index in [1.165, 1.54) is 0 Å². The molecule has 1 N–H and O–H groups in total. The zero-order valence-electron chi connectivity index (χ0n) is 11.8. The number of fused-ring (bicyclic) bond motifs is 1. The lowest BCUT2D eigenvalue weighted by atomic mass is 10.1. The first-order valence-corrected chi connectivity index (χ1v) is 6.76. The average Bonchev–Trinajstić information content (AvgIpc) is 3.19. The van der Waals surface area contributed by atoms with Gasteiger partial charge in [0.1, 0.15) is 5.69 Å². The van der Waals surface area contributed by atoms with Crippen molar-refractivity contribution in [2.45, 2.75) is 6.92 Å². The molecule has 0 saturated heterocycles. The number of rotatable bonds is 2. The second-order valence-corrected chi connectivity index (χ2v) is 5.12. The highest BCUT2D eigenvalue weighted by Gasteiger charge is 2.14. The van der Waals surface area contributed by atoms with E-state index in [4.69, 9.17) is 4.52 Å². The van der Waals surface area contributed by atoms with E-state index in [-0.39, 0.29) is 0 Å². The molecule has 5 heteroatoms. The van der Waals surface area contributed by atoms with Gasteiger partial charge in [0.05, 0.1) is 0 Å². The molecule has 4 aromatic rings. The summed E-state index contributed by atoms with van der Waals surface area (Å²) in [5.74, 6) is 1.14. The minimum absolute atomic E-state index is 0.537. The number of hydrogen-bond donors (Lipinski definition) is 1. The summed E-state index contributed by atoms with van der Waals surface area (Å²) in [5, 5.41) is 5.23. The maximum absolute atomic E-state index is 5.40. The van der Waals surface area contributed by atoms with Crippen molar-refractivity contribution in [1.29, 1.82) is 0 Å². The van der Waals surface area contributed by atoms with Crippen LogP contribution < -0.4 is 0 Å². The van der Waals surface area contributed by atoms with Crippen LogP contribution in [0.3, 0.4) is 0 Å². The normalized spacial score (nSPS) is 11.3. The maximum Gasteiger partial charge on any atom is 0.274 e. The number of hydrogen-bond acceptors (Lipinski definition) is 3. The molecule has 0 aliphatic heterocycles. The van der Waals surface area contributed by atoms with Gasteiger partial charge >= 0.3 is 0 Å². The third-order valence-electron chi connectivity index (χ3n) is 3.83. The Morgan fingerprint density at radius 3 is 2.86 bits per heavy atom. The van der Waals surface area contributed by atoms with Crippen LogP contribution in [-0.2, 0) is 7.05 Å². The van der Waals surface area contributed by atoms with Crippen molar-refractivity contribution in [3.63, 3.8) is 0 Å². The lowest BCUT2D eigenvalue weighted by Gasteiger charge is -1.99. The number of H-pyrrole nitrogens is 1. The SMILES string of the molecule is Cc1ccc(-c2nc(-c3ccc4[nH]ccc4c3)no2)n1C. The highest BCUT2D eigenvalue weighted by Crippen LogP contribution is 2.25. The molecule has 0 fully saturated rings. The molecule has 0 atom stereocenters. The summed E-state index contributed by atoms with van der Waals surface area (Å²) >= 11 is 0. The van der Waals surface area contributed by atoms with Crippen molar-refractivity contribution in [2.24, 2.45) is 7.05 Å². The van der Waals surface area contributed by atoms with Gasteiger partial charge in [-0.25, -0.2) is 0 Å². The van der Waals surface area contributed by atoms with E-state index in [2.05, 4.69) is 21.2 Å². The first-order valence-electron chi connectivity index (χ1n) is 6.76. The molecule has 5 nitrogen and oxygen atoms in total. The Balaban J connectivity index is 1.78. The van der Waals surface area contributed by atoms with Crippen LogP contribution in [0.4, 0.5) is 0 Å². The van der Waals surface area contributed by atoms with E-state index in [1.54, 1.807) is 0 Å². The Hall–Kier alpha value is -2.82. The van der Waals surface area contributed by atoms with E-state index in [0.29, 0.717) is 11.7 Å². The van der Waals surface area contributed by atoms with Crippen molar-refractivity contribution in [3.05, 3.63) is 48.3 Å². The lowest BCUT2D eigenvalue weighted by Crippen LogP contribution is -1.93. The molecular weight excluding hydrogens is 264 g/mol. The highest BCUT2D eigenvalue weighted by molar-refractivity contribution is 5.83. The lowest BCUT2D eigenvalue weighted by molar-refractivity contribution is 0.429. The minimum Gasteiger partial charge on any atom is -0.361 e.